The number of carbonyl (C=O) groups is 2. The smallest absolute Gasteiger partial charge is 0.338 e. The van der Waals surface area contributed by atoms with Crippen LogP contribution in [0.25, 0.3) is 0 Å². The van der Waals surface area contributed by atoms with E-state index in [1.165, 1.54) is 4.90 Å². The van der Waals surface area contributed by atoms with Gasteiger partial charge in [-0.2, -0.15) is 0 Å². The molecule has 1 heterocycles. The predicted octanol–water partition coefficient (Wildman–Crippen LogP) is 3.51. The standard InChI is InChI=1S/C17H21ClN2O3/c1-10(2)9-23-16(21)14-11(3)20(4)17(22)19-15(14)12-7-5-6-8-13(12)18/h5-8,10,15H,9H2,1-4H3,(H,19,22)/t15-/m0/s1. The van der Waals surface area contributed by atoms with Crippen LogP contribution in [0, 0.1) is 5.92 Å². The highest BCUT2D eigenvalue weighted by atomic mass is 35.5. The first-order chi connectivity index (χ1) is 10.8. The van der Waals surface area contributed by atoms with E-state index in [4.69, 9.17) is 16.3 Å². The van der Waals surface area contributed by atoms with E-state index in [0.29, 0.717) is 28.5 Å². The molecule has 0 spiro atoms. The summed E-state index contributed by atoms with van der Waals surface area (Å²) in [6.45, 7) is 5.99. The summed E-state index contributed by atoms with van der Waals surface area (Å²) in [5, 5.41) is 3.31. The van der Waals surface area contributed by atoms with Crippen molar-refractivity contribution in [2.75, 3.05) is 13.7 Å². The number of halogens is 1. The molecule has 0 bridgehead atoms. The third-order valence-corrected chi connectivity index (χ3v) is 4.08. The summed E-state index contributed by atoms with van der Waals surface area (Å²) in [6.07, 6.45) is 0. The van der Waals surface area contributed by atoms with Gasteiger partial charge in [0.15, 0.2) is 0 Å². The lowest BCUT2D eigenvalue weighted by Crippen LogP contribution is -2.46. The summed E-state index contributed by atoms with van der Waals surface area (Å²) < 4.78 is 5.37. The molecular weight excluding hydrogens is 316 g/mol. The zero-order valence-corrected chi connectivity index (χ0v) is 14.5. The fourth-order valence-electron chi connectivity index (χ4n) is 2.36. The number of carbonyl (C=O) groups excluding carboxylic acids is 2. The first-order valence-corrected chi connectivity index (χ1v) is 7.87. The van der Waals surface area contributed by atoms with Gasteiger partial charge in [-0.25, -0.2) is 9.59 Å². The lowest BCUT2D eigenvalue weighted by atomic mass is 9.95. The van der Waals surface area contributed by atoms with Crippen LogP contribution in [0.5, 0.6) is 0 Å². The Morgan fingerprint density at radius 3 is 2.65 bits per heavy atom. The molecule has 0 unspecified atom stereocenters. The van der Waals surface area contributed by atoms with Crippen LogP contribution in [0.4, 0.5) is 4.79 Å². The van der Waals surface area contributed by atoms with Crippen LogP contribution in [-0.2, 0) is 9.53 Å². The Balaban J connectivity index is 2.44. The number of esters is 1. The maximum atomic E-state index is 12.6. The number of nitrogens with zero attached hydrogens (tertiary/aromatic N) is 1. The molecule has 1 aliphatic rings. The molecular formula is C17H21ClN2O3. The van der Waals surface area contributed by atoms with Crippen LogP contribution >= 0.6 is 11.6 Å². The van der Waals surface area contributed by atoms with Gasteiger partial charge in [-0.05, 0) is 24.5 Å². The normalized spacial score (nSPS) is 18.3. The van der Waals surface area contributed by atoms with E-state index < -0.39 is 12.0 Å². The minimum Gasteiger partial charge on any atom is -0.462 e. The van der Waals surface area contributed by atoms with E-state index in [-0.39, 0.29) is 11.9 Å². The SMILES string of the molecule is CC1=C(C(=O)OCC(C)C)[C@H](c2ccccc2Cl)NC(=O)N1C. The predicted molar refractivity (Wildman–Crippen MR) is 89.0 cm³/mol. The third-order valence-electron chi connectivity index (χ3n) is 3.74. The Morgan fingerprint density at radius 2 is 2.04 bits per heavy atom. The Kier molecular flexibility index (Phi) is 5.31. The summed E-state index contributed by atoms with van der Waals surface area (Å²) in [5.41, 5.74) is 1.64. The molecule has 1 N–H and O–H groups in total. The molecule has 1 aromatic carbocycles. The second-order valence-electron chi connectivity index (χ2n) is 5.95. The van der Waals surface area contributed by atoms with Crippen LogP contribution in [0.1, 0.15) is 32.4 Å². The van der Waals surface area contributed by atoms with Gasteiger partial charge in [0.25, 0.3) is 0 Å². The van der Waals surface area contributed by atoms with Crippen molar-refractivity contribution in [3.05, 3.63) is 46.1 Å². The molecule has 23 heavy (non-hydrogen) atoms. The van der Waals surface area contributed by atoms with Crippen molar-refractivity contribution in [2.24, 2.45) is 5.92 Å². The molecule has 0 fully saturated rings. The van der Waals surface area contributed by atoms with Crippen LogP contribution < -0.4 is 5.32 Å². The van der Waals surface area contributed by atoms with Gasteiger partial charge >= 0.3 is 12.0 Å². The summed E-state index contributed by atoms with van der Waals surface area (Å²) >= 11 is 6.25. The van der Waals surface area contributed by atoms with Crippen molar-refractivity contribution in [1.82, 2.24) is 10.2 Å². The molecule has 1 aliphatic heterocycles. The number of urea groups is 1. The highest BCUT2D eigenvalue weighted by Crippen LogP contribution is 2.34. The van der Waals surface area contributed by atoms with E-state index in [0.717, 1.165) is 0 Å². The quantitative estimate of drug-likeness (QED) is 0.856. The second-order valence-corrected chi connectivity index (χ2v) is 6.36. The van der Waals surface area contributed by atoms with Crippen LogP contribution in [0.15, 0.2) is 35.5 Å². The number of hydrogen-bond acceptors (Lipinski definition) is 3. The van der Waals surface area contributed by atoms with Crippen LogP contribution in [-0.4, -0.2) is 30.6 Å². The zero-order valence-electron chi connectivity index (χ0n) is 13.7. The number of rotatable bonds is 4. The summed E-state index contributed by atoms with van der Waals surface area (Å²) in [6, 6.07) is 6.24. The van der Waals surface area contributed by atoms with E-state index >= 15 is 0 Å². The van der Waals surface area contributed by atoms with Crippen molar-refractivity contribution < 1.29 is 14.3 Å². The van der Waals surface area contributed by atoms with Gasteiger partial charge in [-0.3, -0.25) is 0 Å². The molecule has 2 amide bonds. The van der Waals surface area contributed by atoms with Gasteiger partial charge in [-0.15, -0.1) is 0 Å². The summed E-state index contributed by atoms with van der Waals surface area (Å²) in [5.74, 6) is -0.206. The second kappa shape index (κ2) is 7.04. The number of benzene rings is 1. The Hall–Kier alpha value is -2.01. The molecule has 0 aliphatic carbocycles. The van der Waals surface area contributed by atoms with Gasteiger partial charge in [0.2, 0.25) is 0 Å². The maximum absolute atomic E-state index is 12.6. The van der Waals surface area contributed by atoms with Crippen LogP contribution in [0.3, 0.4) is 0 Å². The van der Waals surface area contributed by atoms with Gasteiger partial charge in [0.05, 0.1) is 18.2 Å². The van der Waals surface area contributed by atoms with Gasteiger partial charge in [-0.1, -0.05) is 43.6 Å². The van der Waals surface area contributed by atoms with Gasteiger partial charge in [0.1, 0.15) is 0 Å². The third kappa shape index (κ3) is 3.67. The average Bonchev–Trinajstić information content (AvgIpc) is 2.50. The first kappa shape index (κ1) is 17.3. The molecule has 124 valence electrons. The van der Waals surface area contributed by atoms with Crippen molar-refractivity contribution in [1.29, 1.82) is 0 Å². The molecule has 1 aromatic rings. The Morgan fingerprint density at radius 1 is 1.39 bits per heavy atom. The Bertz CT molecular complexity index is 655. The van der Waals surface area contributed by atoms with Crippen molar-refractivity contribution in [3.8, 4) is 0 Å². The van der Waals surface area contributed by atoms with Gasteiger partial charge < -0.3 is 15.0 Å². The Labute approximate surface area is 141 Å². The molecule has 0 radical (unpaired) electrons. The molecule has 5 nitrogen and oxygen atoms in total. The lowest BCUT2D eigenvalue weighted by Gasteiger charge is -2.33. The molecule has 0 aromatic heterocycles. The number of amides is 2. The van der Waals surface area contributed by atoms with Crippen molar-refractivity contribution in [3.63, 3.8) is 0 Å². The maximum Gasteiger partial charge on any atom is 0.338 e. The monoisotopic (exact) mass is 336 g/mol. The highest BCUT2D eigenvalue weighted by molar-refractivity contribution is 6.31. The van der Waals surface area contributed by atoms with E-state index in [9.17, 15) is 9.59 Å². The number of ether oxygens (including phenoxy) is 1. The topological polar surface area (TPSA) is 58.6 Å². The summed E-state index contributed by atoms with van der Waals surface area (Å²) in [7, 11) is 1.61. The van der Waals surface area contributed by atoms with E-state index in [2.05, 4.69) is 5.32 Å². The minimum atomic E-state index is -0.618. The fraction of sp³-hybridized carbons (Fsp3) is 0.412. The molecule has 6 heteroatoms. The molecule has 2 rings (SSSR count). The van der Waals surface area contributed by atoms with E-state index in [1.54, 1.807) is 32.2 Å². The molecule has 0 saturated heterocycles. The largest absolute Gasteiger partial charge is 0.462 e. The fourth-order valence-corrected chi connectivity index (χ4v) is 2.61. The minimum absolute atomic E-state index is 0.231. The lowest BCUT2D eigenvalue weighted by molar-refractivity contribution is -0.140. The first-order valence-electron chi connectivity index (χ1n) is 7.49. The molecule has 0 saturated carbocycles. The molecule has 1 atom stereocenters. The average molecular weight is 337 g/mol. The van der Waals surface area contributed by atoms with E-state index in [1.807, 2.05) is 19.9 Å². The summed E-state index contributed by atoms with van der Waals surface area (Å²) in [4.78, 5) is 26.1. The number of nitrogens with one attached hydrogen (secondary N) is 1. The van der Waals surface area contributed by atoms with Crippen molar-refractivity contribution >= 4 is 23.6 Å². The zero-order chi connectivity index (χ0) is 17.1. The van der Waals surface area contributed by atoms with Gasteiger partial charge in [0, 0.05) is 17.8 Å². The number of hydrogen-bond donors (Lipinski definition) is 1. The highest BCUT2D eigenvalue weighted by Gasteiger charge is 2.35. The number of allylic oxidation sites excluding steroid dienone is 1. The van der Waals surface area contributed by atoms with Crippen molar-refractivity contribution in [2.45, 2.75) is 26.8 Å². The van der Waals surface area contributed by atoms with Crippen LogP contribution in [0.2, 0.25) is 5.02 Å².